The highest BCUT2D eigenvalue weighted by molar-refractivity contribution is 7.89. The molecule has 3 rings (SSSR count). The quantitative estimate of drug-likeness (QED) is 0.524. The van der Waals surface area contributed by atoms with Gasteiger partial charge in [0.1, 0.15) is 12.4 Å². The van der Waals surface area contributed by atoms with Gasteiger partial charge in [0.2, 0.25) is 15.9 Å². The predicted molar refractivity (Wildman–Crippen MR) is 127 cm³/mol. The van der Waals surface area contributed by atoms with Crippen molar-refractivity contribution in [1.82, 2.24) is 9.62 Å². The van der Waals surface area contributed by atoms with Crippen molar-refractivity contribution in [3.8, 4) is 5.75 Å². The Hall–Kier alpha value is -2.38. The van der Waals surface area contributed by atoms with E-state index in [1.807, 2.05) is 54.6 Å². The summed E-state index contributed by atoms with van der Waals surface area (Å²) in [5.74, 6) is 0.780. The molecule has 0 spiro atoms. The minimum Gasteiger partial charge on any atom is -0.492 e. The Morgan fingerprint density at radius 3 is 2.38 bits per heavy atom. The van der Waals surface area contributed by atoms with Gasteiger partial charge in [0.25, 0.3) is 0 Å². The first-order valence-corrected chi connectivity index (χ1v) is 13.1. The second-order valence-electron chi connectivity index (χ2n) is 8.22. The van der Waals surface area contributed by atoms with Crippen molar-refractivity contribution >= 4 is 15.9 Å². The molecule has 0 bridgehead atoms. The zero-order valence-electron chi connectivity index (χ0n) is 18.8. The number of hydrogen-bond acceptors (Lipinski definition) is 4. The number of ether oxygens (including phenoxy) is 1. The lowest BCUT2D eigenvalue weighted by Crippen LogP contribution is -2.44. The molecule has 0 aliphatic carbocycles. The largest absolute Gasteiger partial charge is 0.492 e. The number of aryl methyl sites for hydroxylation is 2. The van der Waals surface area contributed by atoms with Crippen LogP contribution in [0.1, 0.15) is 37.3 Å². The van der Waals surface area contributed by atoms with E-state index in [4.69, 9.17) is 4.74 Å². The summed E-state index contributed by atoms with van der Waals surface area (Å²) in [5, 5.41) is 2.92. The normalized spacial score (nSPS) is 15.4. The fraction of sp³-hybridized carbons (Fsp3) is 0.480. The zero-order chi connectivity index (χ0) is 22.8. The number of nitrogens with zero attached hydrogens (tertiary/aromatic N) is 1. The Bertz CT molecular complexity index is 938. The van der Waals surface area contributed by atoms with Crippen LogP contribution in [0.15, 0.2) is 54.6 Å². The van der Waals surface area contributed by atoms with Crippen molar-refractivity contribution in [2.75, 3.05) is 32.0 Å². The van der Waals surface area contributed by atoms with Gasteiger partial charge in [0.05, 0.1) is 12.3 Å². The van der Waals surface area contributed by atoms with Crippen LogP contribution >= 0.6 is 0 Å². The first kappa shape index (κ1) is 24.3. The molecule has 1 aliphatic heterocycles. The molecule has 32 heavy (non-hydrogen) atoms. The fourth-order valence-electron chi connectivity index (χ4n) is 3.94. The van der Waals surface area contributed by atoms with E-state index in [9.17, 15) is 13.2 Å². The van der Waals surface area contributed by atoms with Crippen LogP contribution in [0.3, 0.4) is 0 Å². The Kier molecular flexibility index (Phi) is 9.11. The summed E-state index contributed by atoms with van der Waals surface area (Å²) in [7, 11) is -3.28. The standard InChI is InChI=1S/C25H34N2O4S/c1-2-21-10-12-24(13-11-21)31-19-16-26-25(28)23-14-17-27(18-15-23)32(29,30)20-6-9-22-7-4-3-5-8-22/h3-5,7-8,10-13,23H,2,6,9,14-20H2,1H3,(H,26,28). The number of rotatable bonds is 11. The van der Waals surface area contributed by atoms with Crippen LogP contribution in [-0.4, -0.2) is 50.6 Å². The van der Waals surface area contributed by atoms with E-state index in [1.165, 1.54) is 5.56 Å². The number of sulfonamides is 1. The molecule has 0 aromatic heterocycles. The number of benzene rings is 2. The molecule has 2 aromatic rings. The smallest absolute Gasteiger partial charge is 0.223 e. The van der Waals surface area contributed by atoms with Gasteiger partial charge in [-0.1, -0.05) is 49.4 Å². The number of carbonyl (C=O) groups excluding carboxylic acids is 1. The molecular weight excluding hydrogens is 424 g/mol. The van der Waals surface area contributed by atoms with E-state index in [2.05, 4.69) is 12.2 Å². The van der Waals surface area contributed by atoms with Gasteiger partial charge < -0.3 is 10.1 Å². The number of nitrogens with one attached hydrogen (secondary N) is 1. The monoisotopic (exact) mass is 458 g/mol. The van der Waals surface area contributed by atoms with Crippen LogP contribution < -0.4 is 10.1 Å². The van der Waals surface area contributed by atoms with Crippen molar-refractivity contribution in [2.45, 2.75) is 39.0 Å². The lowest BCUT2D eigenvalue weighted by molar-refractivity contribution is -0.126. The van der Waals surface area contributed by atoms with Crippen LogP contribution in [0, 0.1) is 5.92 Å². The molecule has 1 amide bonds. The minimum absolute atomic E-state index is 0.0175. The average Bonchev–Trinajstić information content (AvgIpc) is 2.83. The Morgan fingerprint density at radius 2 is 1.72 bits per heavy atom. The summed E-state index contributed by atoms with van der Waals surface area (Å²) < 4.78 is 32.5. The molecule has 1 aliphatic rings. The van der Waals surface area contributed by atoms with Gasteiger partial charge >= 0.3 is 0 Å². The van der Waals surface area contributed by atoms with Crippen LogP contribution in [0.4, 0.5) is 0 Å². The van der Waals surface area contributed by atoms with Crippen LogP contribution in [0.2, 0.25) is 0 Å². The summed E-state index contributed by atoms with van der Waals surface area (Å²) in [4.78, 5) is 12.4. The van der Waals surface area contributed by atoms with E-state index >= 15 is 0 Å². The molecule has 7 heteroatoms. The van der Waals surface area contributed by atoms with Crippen LogP contribution in [0.5, 0.6) is 5.75 Å². The van der Waals surface area contributed by atoms with E-state index in [0.29, 0.717) is 45.5 Å². The van der Waals surface area contributed by atoms with Crippen molar-refractivity contribution in [2.24, 2.45) is 5.92 Å². The van der Waals surface area contributed by atoms with Crippen molar-refractivity contribution < 1.29 is 17.9 Å². The molecule has 2 aromatic carbocycles. The van der Waals surface area contributed by atoms with Crippen molar-refractivity contribution in [3.05, 3.63) is 65.7 Å². The lowest BCUT2D eigenvalue weighted by Gasteiger charge is -2.30. The molecular formula is C25H34N2O4S. The predicted octanol–water partition coefficient (Wildman–Crippen LogP) is 3.42. The zero-order valence-corrected chi connectivity index (χ0v) is 19.6. The molecule has 1 saturated heterocycles. The van der Waals surface area contributed by atoms with Gasteiger partial charge in [0.15, 0.2) is 0 Å². The SMILES string of the molecule is CCc1ccc(OCCNC(=O)C2CCN(S(=O)(=O)CCCc3ccccc3)CC2)cc1. The molecule has 0 saturated carbocycles. The maximum Gasteiger partial charge on any atom is 0.223 e. The highest BCUT2D eigenvalue weighted by Gasteiger charge is 2.30. The van der Waals surface area contributed by atoms with Crippen molar-refractivity contribution in [3.63, 3.8) is 0 Å². The minimum atomic E-state index is -3.28. The van der Waals surface area contributed by atoms with E-state index in [0.717, 1.165) is 24.2 Å². The maximum atomic E-state index is 12.6. The molecule has 1 N–H and O–H groups in total. The third kappa shape index (κ3) is 7.35. The molecule has 0 unspecified atom stereocenters. The maximum absolute atomic E-state index is 12.6. The average molecular weight is 459 g/mol. The Morgan fingerprint density at radius 1 is 1.03 bits per heavy atom. The van der Waals surface area contributed by atoms with Crippen LogP contribution in [-0.2, 0) is 27.7 Å². The summed E-state index contributed by atoms with van der Waals surface area (Å²) in [6.07, 6.45) is 3.47. The topological polar surface area (TPSA) is 75.7 Å². The van der Waals surface area contributed by atoms with E-state index in [1.54, 1.807) is 4.31 Å². The van der Waals surface area contributed by atoms with E-state index < -0.39 is 10.0 Å². The first-order chi connectivity index (χ1) is 15.5. The van der Waals surface area contributed by atoms with Crippen LogP contribution in [0.25, 0.3) is 0 Å². The second kappa shape index (κ2) is 12.0. The van der Waals surface area contributed by atoms with Crippen molar-refractivity contribution in [1.29, 1.82) is 0 Å². The van der Waals surface area contributed by atoms with E-state index in [-0.39, 0.29) is 17.6 Å². The Balaban J connectivity index is 1.33. The fourth-order valence-corrected chi connectivity index (χ4v) is 5.47. The molecule has 1 fully saturated rings. The van der Waals surface area contributed by atoms with Gasteiger partial charge in [-0.05, 0) is 55.4 Å². The highest BCUT2D eigenvalue weighted by atomic mass is 32.2. The lowest BCUT2D eigenvalue weighted by atomic mass is 9.97. The van der Waals surface area contributed by atoms with Gasteiger partial charge in [-0.2, -0.15) is 0 Å². The molecule has 1 heterocycles. The highest BCUT2D eigenvalue weighted by Crippen LogP contribution is 2.21. The molecule has 0 atom stereocenters. The van der Waals surface area contributed by atoms with Gasteiger partial charge in [-0.15, -0.1) is 0 Å². The summed E-state index contributed by atoms with van der Waals surface area (Å²) in [5.41, 5.74) is 2.41. The third-order valence-corrected chi connectivity index (χ3v) is 7.89. The first-order valence-electron chi connectivity index (χ1n) is 11.5. The number of piperidine rings is 1. The Labute approximate surface area is 192 Å². The van der Waals surface area contributed by atoms with Gasteiger partial charge in [-0.3, -0.25) is 4.79 Å². The number of hydrogen-bond donors (Lipinski definition) is 1. The summed E-state index contributed by atoms with van der Waals surface area (Å²) in [6, 6.07) is 17.9. The molecule has 0 radical (unpaired) electrons. The van der Waals surface area contributed by atoms with Gasteiger partial charge in [0, 0.05) is 19.0 Å². The summed E-state index contributed by atoms with van der Waals surface area (Å²) >= 11 is 0. The molecule has 174 valence electrons. The number of carbonyl (C=O) groups is 1. The second-order valence-corrected chi connectivity index (χ2v) is 10.3. The third-order valence-electron chi connectivity index (χ3n) is 5.93. The summed E-state index contributed by atoms with van der Waals surface area (Å²) in [6.45, 7) is 3.77. The number of amides is 1. The molecule has 6 nitrogen and oxygen atoms in total. The van der Waals surface area contributed by atoms with Gasteiger partial charge in [-0.25, -0.2) is 12.7 Å².